The maximum absolute atomic E-state index is 9.57. The molecule has 2 atom stereocenters. The highest BCUT2D eigenvalue weighted by atomic mass is 16.5. The molecule has 1 heterocycles. The lowest BCUT2D eigenvalue weighted by atomic mass is 9.64. The van der Waals surface area contributed by atoms with Gasteiger partial charge in [0.05, 0.1) is 11.8 Å². The Bertz CT molecular complexity index is 346. The summed E-state index contributed by atoms with van der Waals surface area (Å²) in [5.74, 6) is 0.833. The number of nitrogens with one attached hydrogen (secondary N) is 1. The van der Waals surface area contributed by atoms with Crippen LogP contribution in [0.2, 0.25) is 0 Å². The second-order valence-corrected chi connectivity index (χ2v) is 4.94. The summed E-state index contributed by atoms with van der Waals surface area (Å²) >= 11 is 0. The van der Waals surface area contributed by atoms with Crippen molar-refractivity contribution in [1.82, 2.24) is 10.5 Å². The Morgan fingerprint density at radius 3 is 2.87 bits per heavy atom. The van der Waals surface area contributed by atoms with Crippen molar-refractivity contribution in [3.05, 3.63) is 17.5 Å². The van der Waals surface area contributed by atoms with E-state index in [1.165, 1.54) is 0 Å². The largest absolute Gasteiger partial charge is 0.392 e. The van der Waals surface area contributed by atoms with Crippen LogP contribution in [0.3, 0.4) is 0 Å². The molecule has 0 bridgehead atoms. The number of rotatable bonds is 3. The van der Waals surface area contributed by atoms with Crippen molar-refractivity contribution in [1.29, 1.82) is 0 Å². The standard InChI is InChI=1S/C11H18N2O2/c1-7-4-8(13-15-7)6-12-9-5-10(14)11(9,2)3/h4,9-10,12,14H,5-6H2,1-3H3. The van der Waals surface area contributed by atoms with Gasteiger partial charge in [-0.1, -0.05) is 19.0 Å². The fourth-order valence-corrected chi connectivity index (χ4v) is 1.98. The molecule has 1 aliphatic rings. The van der Waals surface area contributed by atoms with Crippen molar-refractivity contribution in [3.8, 4) is 0 Å². The first-order chi connectivity index (χ1) is 7.00. The Morgan fingerprint density at radius 2 is 2.40 bits per heavy atom. The van der Waals surface area contributed by atoms with Gasteiger partial charge in [-0.05, 0) is 13.3 Å². The topological polar surface area (TPSA) is 58.3 Å². The lowest BCUT2D eigenvalue weighted by molar-refractivity contribution is -0.0731. The minimum Gasteiger partial charge on any atom is -0.392 e. The van der Waals surface area contributed by atoms with Gasteiger partial charge in [0.15, 0.2) is 0 Å². The minimum absolute atomic E-state index is 0.0290. The van der Waals surface area contributed by atoms with E-state index >= 15 is 0 Å². The number of aryl methyl sites for hydroxylation is 1. The lowest BCUT2D eigenvalue weighted by Gasteiger charge is -2.49. The Hall–Kier alpha value is -0.870. The zero-order valence-corrected chi connectivity index (χ0v) is 9.45. The van der Waals surface area contributed by atoms with Crippen molar-refractivity contribution >= 4 is 0 Å². The summed E-state index contributed by atoms with van der Waals surface area (Å²) < 4.78 is 4.98. The smallest absolute Gasteiger partial charge is 0.133 e. The van der Waals surface area contributed by atoms with Gasteiger partial charge < -0.3 is 14.9 Å². The Labute approximate surface area is 89.7 Å². The molecule has 1 fully saturated rings. The molecular weight excluding hydrogens is 192 g/mol. The van der Waals surface area contributed by atoms with Gasteiger partial charge >= 0.3 is 0 Å². The van der Waals surface area contributed by atoms with E-state index in [1.807, 2.05) is 13.0 Å². The van der Waals surface area contributed by atoms with E-state index in [0.717, 1.165) is 17.9 Å². The molecule has 0 spiro atoms. The van der Waals surface area contributed by atoms with Crippen molar-refractivity contribution in [2.75, 3.05) is 0 Å². The molecule has 1 saturated carbocycles. The number of hydrogen-bond donors (Lipinski definition) is 2. The van der Waals surface area contributed by atoms with Gasteiger partial charge in [-0.2, -0.15) is 0 Å². The molecule has 1 aliphatic carbocycles. The lowest BCUT2D eigenvalue weighted by Crippen LogP contribution is -2.59. The predicted molar refractivity (Wildman–Crippen MR) is 56.3 cm³/mol. The maximum atomic E-state index is 9.57. The van der Waals surface area contributed by atoms with Crippen LogP contribution in [-0.2, 0) is 6.54 Å². The summed E-state index contributed by atoms with van der Waals surface area (Å²) in [6.45, 7) is 6.74. The minimum atomic E-state index is -0.186. The molecule has 0 aromatic carbocycles. The number of aliphatic hydroxyl groups excluding tert-OH is 1. The van der Waals surface area contributed by atoms with E-state index in [0.29, 0.717) is 12.6 Å². The highest BCUT2D eigenvalue weighted by molar-refractivity contribution is 5.06. The Kier molecular flexibility index (Phi) is 2.56. The first-order valence-corrected chi connectivity index (χ1v) is 5.34. The zero-order chi connectivity index (χ0) is 11.1. The molecular formula is C11H18N2O2. The first kappa shape index (κ1) is 10.6. The first-order valence-electron chi connectivity index (χ1n) is 5.34. The molecule has 4 heteroatoms. The Morgan fingerprint density at radius 1 is 1.67 bits per heavy atom. The molecule has 2 N–H and O–H groups in total. The summed E-state index contributed by atoms with van der Waals surface area (Å²) in [6, 6.07) is 2.29. The summed E-state index contributed by atoms with van der Waals surface area (Å²) in [5, 5.41) is 16.9. The van der Waals surface area contributed by atoms with Crippen LogP contribution in [0.1, 0.15) is 31.7 Å². The fraction of sp³-hybridized carbons (Fsp3) is 0.727. The van der Waals surface area contributed by atoms with Crippen LogP contribution in [0, 0.1) is 12.3 Å². The third-order valence-corrected chi connectivity index (χ3v) is 3.42. The summed E-state index contributed by atoms with van der Waals surface area (Å²) in [5.41, 5.74) is 0.892. The van der Waals surface area contributed by atoms with E-state index in [4.69, 9.17) is 4.52 Å². The van der Waals surface area contributed by atoms with Gasteiger partial charge in [0.25, 0.3) is 0 Å². The van der Waals surface area contributed by atoms with Crippen molar-refractivity contribution in [3.63, 3.8) is 0 Å². The quantitative estimate of drug-likeness (QED) is 0.788. The van der Waals surface area contributed by atoms with E-state index in [1.54, 1.807) is 0 Å². The van der Waals surface area contributed by atoms with Gasteiger partial charge in [-0.3, -0.25) is 0 Å². The predicted octanol–water partition coefficient (Wildman–Crippen LogP) is 1.23. The third-order valence-electron chi connectivity index (χ3n) is 3.42. The molecule has 2 unspecified atom stereocenters. The summed E-state index contributed by atoms with van der Waals surface area (Å²) in [7, 11) is 0. The average molecular weight is 210 g/mol. The van der Waals surface area contributed by atoms with Gasteiger partial charge in [0.1, 0.15) is 5.76 Å². The highest BCUT2D eigenvalue weighted by Gasteiger charge is 2.46. The summed E-state index contributed by atoms with van der Waals surface area (Å²) in [6.07, 6.45) is 0.637. The SMILES string of the molecule is Cc1cc(CNC2CC(O)C2(C)C)no1. The second kappa shape index (κ2) is 3.61. The van der Waals surface area contributed by atoms with E-state index < -0.39 is 0 Å². The van der Waals surface area contributed by atoms with Crippen LogP contribution in [0.5, 0.6) is 0 Å². The van der Waals surface area contributed by atoms with E-state index in [2.05, 4.69) is 24.3 Å². The van der Waals surface area contributed by atoms with Gasteiger partial charge in [0.2, 0.25) is 0 Å². The van der Waals surface area contributed by atoms with Crippen LogP contribution >= 0.6 is 0 Å². The van der Waals surface area contributed by atoms with Crippen molar-refractivity contribution in [2.45, 2.75) is 45.9 Å². The molecule has 2 rings (SSSR count). The molecule has 0 radical (unpaired) electrons. The van der Waals surface area contributed by atoms with Crippen molar-refractivity contribution < 1.29 is 9.63 Å². The highest BCUT2D eigenvalue weighted by Crippen LogP contribution is 2.40. The molecule has 4 nitrogen and oxygen atoms in total. The molecule has 1 aromatic heterocycles. The van der Waals surface area contributed by atoms with Crippen LogP contribution < -0.4 is 5.32 Å². The van der Waals surface area contributed by atoms with Gasteiger partial charge in [0, 0.05) is 24.1 Å². The molecule has 0 saturated heterocycles. The summed E-state index contributed by atoms with van der Waals surface area (Å²) in [4.78, 5) is 0. The number of aliphatic hydroxyl groups is 1. The van der Waals surface area contributed by atoms with Crippen LogP contribution in [-0.4, -0.2) is 22.4 Å². The third kappa shape index (κ3) is 1.92. The normalized spacial score (nSPS) is 28.8. The zero-order valence-electron chi connectivity index (χ0n) is 9.45. The van der Waals surface area contributed by atoms with Crippen LogP contribution in [0.25, 0.3) is 0 Å². The van der Waals surface area contributed by atoms with Gasteiger partial charge in [-0.15, -0.1) is 0 Å². The molecule has 1 aromatic rings. The monoisotopic (exact) mass is 210 g/mol. The van der Waals surface area contributed by atoms with E-state index in [9.17, 15) is 5.11 Å². The van der Waals surface area contributed by atoms with Gasteiger partial charge in [-0.25, -0.2) is 0 Å². The number of aromatic nitrogens is 1. The number of nitrogens with zero attached hydrogens (tertiary/aromatic N) is 1. The van der Waals surface area contributed by atoms with Crippen LogP contribution in [0.4, 0.5) is 0 Å². The second-order valence-electron chi connectivity index (χ2n) is 4.94. The maximum Gasteiger partial charge on any atom is 0.133 e. The average Bonchev–Trinajstić information content (AvgIpc) is 2.58. The number of hydrogen-bond acceptors (Lipinski definition) is 4. The Balaban J connectivity index is 1.85. The van der Waals surface area contributed by atoms with Crippen molar-refractivity contribution in [2.24, 2.45) is 5.41 Å². The molecule has 84 valence electrons. The molecule has 15 heavy (non-hydrogen) atoms. The molecule has 0 amide bonds. The molecule has 0 aliphatic heterocycles. The van der Waals surface area contributed by atoms with E-state index in [-0.39, 0.29) is 11.5 Å². The fourth-order valence-electron chi connectivity index (χ4n) is 1.98. The van der Waals surface area contributed by atoms with Crippen LogP contribution in [0.15, 0.2) is 10.6 Å².